The number of nitrogens with zero attached hydrogens (tertiary/aromatic N) is 3. The van der Waals surface area contributed by atoms with Crippen LogP contribution in [0.3, 0.4) is 0 Å². The van der Waals surface area contributed by atoms with Crippen LogP contribution in [0.4, 0.5) is 10.5 Å². The molecule has 0 unspecified atom stereocenters. The van der Waals surface area contributed by atoms with Crippen LogP contribution in [0.5, 0.6) is 0 Å². The summed E-state index contributed by atoms with van der Waals surface area (Å²) < 4.78 is 0. The number of amides is 2. The van der Waals surface area contributed by atoms with E-state index in [-0.39, 0.29) is 6.03 Å². The second-order valence-electron chi connectivity index (χ2n) is 6.45. The molecule has 1 aliphatic rings. The Morgan fingerprint density at radius 3 is 2.72 bits per heavy atom. The number of anilines is 1. The van der Waals surface area contributed by atoms with Crippen LogP contribution in [-0.2, 0) is 13.0 Å². The van der Waals surface area contributed by atoms with E-state index < -0.39 is 0 Å². The Morgan fingerprint density at radius 1 is 1.24 bits per heavy atom. The number of hydrogen-bond acceptors (Lipinski definition) is 4. The molecule has 3 rings (SSSR count). The topological polar surface area (TPSA) is 70.2 Å². The highest BCUT2D eigenvalue weighted by Crippen LogP contribution is 2.18. The first kappa shape index (κ1) is 17.4. The first-order chi connectivity index (χ1) is 12.2. The lowest BCUT2D eigenvalue weighted by Crippen LogP contribution is -2.34. The third-order valence-electron chi connectivity index (χ3n) is 4.45. The predicted octanol–water partition coefficient (Wildman–Crippen LogP) is 2.68. The summed E-state index contributed by atoms with van der Waals surface area (Å²) in [5.74, 6) is 1.27. The van der Waals surface area contributed by atoms with E-state index in [1.807, 2.05) is 13.0 Å². The Labute approximate surface area is 148 Å². The zero-order valence-electron chi connectivity index (χ0n) is 14.6. The number of rotatable bonds is 6. The Morgan fingerprint density at radius 2 is 2.00 bits per heavy atom. The van der Waals surface area contributed by atoms with Crippen molar-refractivity contribution in [3.8, 4) is 0 Å². The molecule has 6 nitrogen and oxygen atoms in total. The number of benzene rings is 1. The molecule has 2 heterocycles. The maximum Gasteiger partial charge on any atom is 0.319 e. The zero-order valence-corrected chi connectivity index (χ0v) is 14.6. The number of aryl methyl sites for hydroxylation is 1. The van der Waals surface area contributed by atoms with Crippen molar-refractivity contribution < 1.29 is 4.79 Å². The van der Waals surface area contributed by atoms with E-state index in [1.165, 1.54) is 5.56 Å². The number of likely N-dealkylation sites (tertiary alicyclic amines) is 1. The van der Waals surface area contributed by atoms with Gasteiger partial charge in [-0.05, 0) is 24.4 Å². The average Bonchev–Trinajstić information content (AvgIpc) is 3.09. The monoisotopic (exact) mass is 339 g/mol. The van der Waals surface area contributed by atoms with E-state index in [9.17, 15) is 4.79 Å². The summed E-state index contributed by atoms with van der Waals surface area (Å²) >= 11 is 0. The van der Waals surface area contributed by atoms with Gasteiger partial charge in [0.1, 0.15) is 5.82 Å². The molecule has 0 saturated carbocycles. The molecule has 2 aromatic rings. The standard InChI is InChI=1S/C19H25N5O/c1-2-18-20-11-17(12-21-18)23-19(25)22-10-16-8-9-24(14-16)13-15-6-4-3-5-7-15/h3-7,11-12,16H,2,8-10,13-14H2,1H3,(H2,22,23,25)/t16-/m1/s1. The van der Waals surface area contributed by atoms with Crippen molar-refractivity contribution in [2.24, 2.45) is 5.92 Å². The van der Waals surface area contributed by atoms with Crippen molar-refractivity contribution in [1.82, 2.24) is 20.2 Å². The number of nitrogens with one attached hydrogen (secondary N) is 2. The van der Waals surface area contributed by atoms with Gasteiger partial charge in [0, 0.05) is 26.1 Å². The van der Waals surface area contributed by atoms with Gasteiger partial charge in [0.05, 0.1) is 18.1 Å². The molecule has 1 aromatic heterocycles. The molecule has 0 radical (unpaired) electrons. The van der Waals surface area contributed by atoms with E-state index in [4.69, 9.17) is 0 Å². The highest BCUT2D eigenvalue weighted by molar-refractivity contribution is 5.88. The van der Waals surface area contributed by atoms with Crippen molar-refractivity contribution >= 4 is 11.7 Å². The fourth-order valence-electron chi connectivity index (χ4n) is 3.08. The summed E-state index contributed by atoms with van der Waals surface area (Å²) in [6.45, 7) is 5.76. The lowest BCUT2D eigenvalue weighted by atomic mass is 10.1. The van der Waals surface area contributed by atoms with E-state index in [1.54, 1.807) is 12.4 Å². The van der Waals surface area contributed by atoms with Gasteiger partial charge in [-0.1, -0.05) is 37.3 Å². The van der Waals surface area contributed by atoms with Crippen LogP contribution < -0.4 is 10.6 Å². The van der Waals surface area contributed by atoms with Gasteiger partial charge < -0.3 is 10.6 Å². The fraction of sp³-hybridized carbons (Fsp3) is 0.421. The molecule has 1 aromatic carbocycles. The number of carbonyl (C=O) groups is 1. The molecule has 0 spiro atoms. The summed E-state index contributed by atoms with van der Waals surface area (Å²) in [6.07, 6.45) is 5.18. The largest absolute Gasteiger partial charge is 0.338 e. The third kappa shape index (κ3) is 5.26. The van der Waals surface area contributed by atoms with Gasteiger partial charge in [-0.15, -0.1) is 0 Å². The smallest absolute Gasteiger partial charge is 0.319 e. The minimum absolute atomic E-state index is 0.200. The minimum Gasteiger partial charge on any atom is -0.338 e. The normalized spacial score (nSPS) is 17.4. The second kappa shape index (κ2) is 8.58. The minimum atomic E-state index is -0.200. The van der Waals surface area contributed by atoms with Crippen molar-refractivity contribution in [1.29, 1.82) is 0 Å². The zero-order chi connectivity index (χ0) is 17.5. The van der Waals surface area contributed by atoms with E-state index in [0.717, 1.165) is 38.3 Å². The first-order valence-electron chi connectivity index (χ1n) is 8.85. The Hall–Kier alpha value is -2.47. The SMILES string of the molecule is CCc1ncc(NC(=O)NC[C@H]2CCN(Cc3ccccc3)C2)cn1. The highest BCUT2D eigenvalue weighted by Gasteiger charge is 2.22. The number of carbonyl (C=O) groups excluding carboxylic acids is 1. The summed E-state index contributed by atoms with van der Waals surface area (Å²) in [7, 11) is 0. The van der Waals surface area contributed by atoms with Crippen molar-refractivity contribution in [3.63, 3.8) is 0 Å². The van der Waals surface area contributed by atoms with Gasteiger partial charge >= 0.3 is 6.03 Å². The molecular formula is C19H25N5O. The van der Waals surface area contributed by atoms with Crippen LogP contribution >= 0.6 is 0 Å². The van der Waals surface area contributed by atoms with E-state index in [2.05, 4.69) is 49.8 Å². The van der Waals surface area contributed by atoms with Gasteiger partial charge in [-0.3, -0.25) is 4.90 Å². The van der Waals surface area contributed by atoms with Gasteiger partial charge in [-0.25, -0.2) is 14.8 Å². The van der Waals surface area contributed by atoms with Crippen LogP contribution in [0.25, 0.3) is 0 Å². The first-order valence-corrected chi connectivity index (χ1v) is 8.85. The molecule has 1 atom stereocenters. The predicted molar refractivity (Wildman–Crippen MR) is 98.3 cm³/mol. The average molecular weight is 339 g/mol. The number of aromatic nitrogens is 2. The molecule has 0 bridgehead atoms. The van der Waals surface area contributed by atoms with Crippen LogP contribution in [-0.4, -0.2) is 40.5 Å². The third-order valence-corrected chi connectivity index (χ3v) is 4.45. The van der Waals surface area contributed by atoms with Gasteiger partial charge in [0.2, 0.25) is 0 Å². The fourth-order valence-corrected chi connectivity index (χ4v) is 3.08. The Kier molecular flexibility index (Phi) is 5.95. The molecule has 0 aliphatic carbocycles. The summed E-state index contributed by atoms with van der Waals surface area (Å²) in [5.41, 5.74) is 1.95. The number of urea groups is 1. The molecule has 25 heavy (non-hydrogen) atoms. The van der Waals surface area contributed by atoms with E-state index >= 15 is 0 Å². The maximum absolute atomic E-state index is 12.0. The summed E-state index contributed by atoms with van der Waals surface area (Å²) in [6, 6.07) is 10.3. The molecule has 1 fully saturated rings. The molecule has 1 saturated heterocycles. The lowest BCUT2D eigenvalue weighted by molar-refractivity contribution is 0.249. The second-order valence-corrected chi connectivity index (χ2v) is 6.45. The lowest BCUT2D eigenvalue weighted by Gasteiger charge is -2.16. The molecule has 132 valence electrons. The van der Waals surface area contributed by atoms with Crippen LogP contribution in [0.1, 0.15) is 24.7 Å². The molecule has 2 amide bonds. The van der Waals surface area contributed by atoms with E-state index in [0.29, 0.717) is 18.2 Å². The molecule has 1 aliphatic heterocycles. The maximum atomic E-state index is 12.0. The van der Waals surface area contributed by atoms with Crippen LogP contribution in [0.15, 0.2) is 42.7 Å². The van der Waals surface area contributed by atoms with Gasteiger partial charge in [0.25, 0.3) is 0 Å². The molecule has 6 heteroatoms. The molecular weight excluding hydrogens is 314 g/mol. The summed E-state index contributed by atoms with van der Waals surface area (Å²) in [4.78, 5) is 22.8. The Bertz CT molecular complexity index is 674. The quantitative estimate of drug-likeness (QED) is 0.849. The van der Waals surface area contributed by atoms with Crippen LogP contribution in [0, 0.1) is 5.92 Å². The van der Waals surface area contributed by atoms with Crippen molar-refractivity contribution in [2.75, 3.05) is 25.0 Å². The summed E-state index contributed by atoms with van der Waals surface area (Å²) in [5, 5.41) is 5.73. The molecule has 2 N–H and O–H groups in total. The Balaban J connectivity index is 1.39. The highest BCUT2D eigenvalue weighted by atomic mass is 16.2. The van der Waals surface area contributed by atoms with Crippen LogP contribution in [0.2, 0.25) is 0 Å². The van der Waals surface area contributed by atoms with Gasteiger partial charge in [0.15, 0.2) is 0 Å². The van der Waals surface area contributed by atoms with Crippen molar-refractivity contribution in [2.45, 2.75) is 26.3 Å². The van der Waals surface area contributed by atoms with Gasteiger partial charge in [-0.2, -0.15) is 0 Å². The van der Waals surface area contributed by atoms with Crippen molar-refractivity contribution in [3.05, 3.63) is 54.1 Å². The number of hydrogen-bond donors (Lipinski definition) is 2.